The van der Waals surface area contributed by atoms with Crippen molar-refractivity contribution in [2.75, 3.05) is 5.75 Å². The largest absolute Gasteiger partial charge is 0.748 e. The van der Waals surface area contributed by atoms with Gasteiger partial charge in [0, 0.05) is 27.7 Å². The lowest BCUT2D eigenvalue weighted by molar-refractivity contribution is -0.239. The third kappa shape index (κ3) is 19.3. The van der Waals surface area contributed by atoms with Crippen molar-refractivity contribution in [3.05, 3.63) is 109 Å². The van der Waals surface area contributed by atoms with E-state index in [1.165, 1.54) is 43.5 Å². The molecule has 0 amide bonds. The maximum Gasteiger partial charge on any atom is 0.426 e. The first kappa shape index (κ1) is 72.8. The number of terminal acetylenes is 1. The summed E-state index contributed by atoms with van der Waals surface area (Å²) >= 11 is 0. The topological polar surface area (TPSA) is 183 Å². The van der Waals surface area contributed by atoms with Gasteiger partial charge >= 0.3 is 30.1 Å². The average Bonchev–Trinajstić information content (AvgIpc) is 0.827. The molecule has 5 aromatic rings. The van der Waals surface area contributed by atoms with Crippen LogP contribution in [0.4, 0.5) is 13.2 Å². The molecule has 17 heteroatoms. The Bertz CT molecular complexity index is 3250. The fraction of sp³-hybridized carbons (Fsp3) is 0.577. The van der Waals surface area contributed by atoms with Gasteiger partial charge < -0.3 is 28.6 Å². The van der Waals surface area contributed by atoms with Gasteiger partial charge in [0.05, 0.1) is 37.5 Å². The number of fused-ring (bicyclic) bond motifs is 3. The molecule has 5 aliphatic rings. The van der Waals surface area contributed by atoms with E-state index in [1.807, 2.05) is 60.6 Å². The molecule has 4 atom stereocenters. The number of rotatable bonds is 16. The average molecular weight is 1260 g/mol. The Balaban J connectivity index is 0.000000213. The van der Waals surface area contributed by atoms with Gasteiger partial charge in [0.15, 0.2) is 19.9 Å². The van der Waals surface area contributed by atoms with Crippen LogP contribution in [0.2, 0.25) is 0 Å². The molecule has 10 rings (SSSR count). The van der Waals surface area contributed by atoms with E-state index in [0.29, 0.717) is 43.8 Å². The minimum Gasteiger partial charge on any atom is -0.748 e. The fourth-order valence-corrected chi connectivity index (χ4v) is 14.7. The van der Waals surface area contributed by atoms with Gasteiger partial charge in [-0.2, -0.15) is 13.2 Å². The number of carbonyl (C=O) groups is 4. The molecule has 5 fully saturated rings. The summed E-state index contributed by atoms with van der Waals surface area (Å²) in [4.78, 5) is 50.5. The molecular weight excluding hydrogens is 1170 g/mol. The molecule has 0 radical (unpaired) electrons. The van der Waals surface area contributed by atoms with Crippen molar-refractivity contribution in [1.82, 2.24) is 0 Å². The van der Waals surface area contributed by atoms with Crippen LogP contribution in [0.1, 0.15) is 198 Å². The standard InChI is InChI=1S/C20H29F3O7S.C18H13S.C12H22O2.C11H18O2.C10H14O/c1-4-17(2,3)15(24)30-19-8-12-5-13(9-19)7-18(6-12,11-19)16(25)29-14(20(21,22)23)10-31(26,27)28;1-2-8-14(9-3-1)19-17-12-6-4-10-15(17)16-11-5-7-13-18(16)19;1-5-11(2,3)10(13)14-12(4)8-6-7-9-12;1-7-10(3,4)9(12)13-11(5,6)8-2;1-3-8(2)9-4-6-10(11)7-5-9/h12-14H,4-11H2,1-3H3,(H,26,27,28);1-13H;5-9H2,1-4H3;2H,7H2,1,3-6H3;4-8,11H,3H2,1-2H3/q;+1;;;/p-1. The molecule has 4 bridgehead atoms. The monoisotopic (exact) mass is 1260 g/mol. The van der Waals surface area contributed by atoms with Crippen molar-refractivity contribution in [3.8, 4) is 23.0 Å². The molecule has 4 unspecified atom stereocenters. The molecule has 1 aromatic heterocycles. The van der Waals surface area contributed by atoms with Gasteiger partial charge in [-0.05, 0) is 218 Å². The minimum absolute atomic E-state index is 0.00100. The van der Waals surface area contributed by atoms with Gasteiger partial charge in [-0.25, -0.2) is 8.42 Å². The summed E-state index contributed by atoms with van der Waals surface area (Å²) in [6, 6.07) is 35.8. The number of carbonyl (C=O) groups excluding carboxylic acids is 4. The van der Waals surface area contributed by atoms with Crippen molar-refractivity contribution in [3.63, 3.8) is 0 Å². The molecule has 0 spiro atoms. The summed E-state index contributed by atoms with van der Waals surface area (Å²) in [6.07, 6.45) is 7.23. The number of halogens is 3. The smallest absolute Gasteiger partial charge is 0.426 e. The summed E-state index contributed by atoms with van der Waals surface area (Å²) in [7, 11) is -5.21. The molecule has 484 valence electrons. The number of benzene rings is 4. The SMILES string of the molecule is C#CC(C)(C)OC(=O)C(C)(C)CC.CCC(C)(C)C(=O)OC1(C)CCCC1.CCC(C)(C)C(=O)OC12CC3CC(C1)CC(C(=O)OC(CS(=O)(=O)[O-])C(F)(F)F)(C3)C2.CCC(C)c1ccc(O)cc1.c1ccc(-[s+]2c3ccccc3c3ccccc32)cc1. The number of ether oxygens (including phenoxy) is 4. The number of esters is 4. The molecule has 0 saturated heterocycles. The van der Waals surface area contributed by atoms with E-state index in [2.05, 4.69) is 110 Å². The zero-order valence-corrected chi connectivity index (χ0v) is 55.8. The predicted molar refractivity (Wildman–Crippen MR) is 343 cm³/mol. The minimum atomic E-state index is -5.27. The fourth-order valence-electron chi connectivity index (χ4n) is 11.6. The van der Waals surface area contributed by atoms with Crippen molar-refractivity contribution in [2.24, 2.45) is 33.5 Å². The van der Waals surface area contributed by atoms with Crippen LogP contribution < -0.4 is 0 Å². The lowest BCUT2D eigenvalue weighted by atomic mass is 9.48. The summed E-state index contributed by atoms with van der Waals surface area (Å²) in [5.74, 6) is -0.355. The van der Waals surface area contributed by atoms with Gasteiger partial charge in [-0.15, -0.1) is 6.42 Å². The van der Waals surface area contributed by atoms with Gasteiger partial charge in [-0.3, -0.25) is 19.2 Å². The third-order valence-corrected chi connectivity index (χ3v) is 21.3. The van der Waals surface area contributed by atoms with Gasteiger partial charge in [0.25, 0.3) is 0 Å². The Labute approximate surface area is 524 Å². The van der Waals surface area contributed by atoms with Crippen molar-refractivity contribution < 1.29 is 69.4 Å². The van der Waals surface area contributed by atoms with Crippen LogP contribution in [0.3, 0.4) is 0 Å². The van der Waals surface area contributed by atoms with E-state index in [4.69, 9.17) is 25.7 Å². The van der Waals surface area contributed by atoms with Crippen LogP contribution in [0.15, 0.2) is 103 Å². The van der Waals surface area contributed by atoms with E-state index >= 15 is 0 Å². The van der Waals surface area contributed by atoms with E-state index < -0.39 is 67.5 Å². The van der Waals surface area contributed by atoms with Crippen LogP contribution in [-0.4, -0.2) is 76.8 Å². The number of thiophene rings is 1. The molecule has 5 saturated carbocycles. The molecule has 12 nitrogen and oxygen atoms in total. The maximum absolute atomic E-state index is 13.3. The second-order valence-corrected chi connectivity index (χ2v) is 30.7. The highest BCUT2D eigenvalue weighted by molar-refractivity contribution is 7.85. The van der Waals surface area contributed by atoms with Crippen LogP contribution in [0.25, 0.3) is 25.1 Å². The van der Waals surface area contributed by atoms with Gasteiger partial charge in [0.2, 0.25) is 6.10 Å². The predicted octanol–water partition coefficient (Wildman–Crippen LogP) is 17.6. The Morgan fingerprint density at radius 1 is 0.693 bits per heavy atom. The Kier molecular flexibility index (Phi) is 24.3. The molecule has 5 aliphatic carbocycles. The molecule has 88 heavy (non-hydrogen) atoms. The zero-order valence-electron chi connectivity index (χ0n) is 54.2. The molecule has 1 N–H and O–H groups in total. The lowest BCUT2D eigenvalue weighted by Gasteiger charge is -2.60. The van der Waals surface area contributed by atoms with Crippen LogP contribution in [0.5, 0.6) is 5.75 Å². The Morgan fingerprint density at radius 3 is 1.59 bits per heavy atom. The van der Waals surface area contributed by atoms with E-state index in [1.54, 1.807) is 39.8 Å². The first-order chi connectivity index (χ1) is 40.8. The van der Waals surface area contributed by atoms with Crippen molar-refractivity contribution in [1.29, 1.82) is 0 Å². The molecule has 1 heterocycles. The highest BCUT2D eigenvalue weighted by Crippen LogP contribution is 2.64. The number of phenolic OH excluding ortho intramolecular Hbond substituents is 1. The number of phenols is 1. The number of alkyl halides is 3. The Hall–Kier alpha value is -5.96. The lowest BCUT2D eigenvalue weighted by Crippen LogP contribution is -2.61. The highest BCUT2D eigenvalue weighted by Gasteiger charge is 2.64. The van der Waals surface area contributed by atoms with Crippen LogP contribution in [-0.2, 0) is 48.2 Å². The quantitative estimate of drug-likeness (QED) is 0.0325. The Morgan fingerprint density at radius 2 is 1.15 bits per heavy atom. The normalized spacial score (nSPS) is 21.0. The number of hydrogen-bond acceptors (Lipinski definition) is 12. The first-order valence-electron chi connectivity index (χ1n) is 31.0. The van der Waals surface area contributed by atoms with E-state index in [0.717, 1.165) is 38.5 Å². The molecule has 4 aromatic carbocycles. The van der Waals surface area contributed by atoms with E-state index in [-0.39, 0.29) is 51.7 Å². The van der Waals surface area contributed by atoms with Gasteiger partial charge in [0.1, 0.15) is 17.0 Å². The van der Waals surface area contributed by atoms with Gasteiger partial charge in [-0.1, -0.05) is 95.1 Å². The maximum atomic E-state index is 13.3. The highest BCUT2D eigenvalue weighted by atomic mass is 32.2. The van der Waals surface area contributed by atoms with E-state index in [9.17, 15) is 45.3 Å². The second kappa shape index (κ2) is 29.3. The number of hydrogen-bond donors (Lipinski definition) is 1. The summed E-state index contributed by atoms with van der Waals surface area (Å²) in [5.41, 5.74) is -3.42. The second-order valence-electron chi connectivity index (χ2n) is 27.3. The summed E-state index contributed by atoms with van der Waals surface area (Å²) in [6.45, 7) is 26.7. The van der Waals surface area contributed by atoms with Crippen LogP contribution in [0, 0.1) is 45.8 Å². The van der Waals surface area contributed by atoms with Crippen molar-refractivity contribution >= 4 is 64.6 Å². The zero-order chi connectivity index (χ0) is 65.9. The third-order valence-electron chi connectivity index (χ3n) is 18.3. The summed E-state index contributed by atoms with van der Waals surface area (Å²) < 4.78 is 96.7. The van der Waals surface area contributed by atoms with Crippen molar-refractivity contribution in [2.45, 2.75) is 222 Å². The molecular formula is C71H95F3O12S2. The molecule has 0 aliphatic heterocycles. The van der Waals surface area contributed by atoms with Crippen LogP contribution >= 0.6 is 10.5 Å². The number of aromatic hydroxyl groups is 1. The summed E-state index contributed by atoms with van der Waals surface area (Å²) in [5, 5.41) is 11.8. The first-order valence-corrected chi connectivity index (χ1v) is 33.8.